The molecule has 72 valence electrons. The van der Waals surface area contributed by atoms with Crippen LogP contribution in [0.2, 0.25) is 0 Å². The normalized spacial score (nSPS) is 44.1. The molecule has 0 aromatic heterocycles. The number of hydrogen-bond acceptors (Lipinski definition) is 1. The molecule has 0 aromatic rings. The topological polar surface area (TPSA) is 20.2 Å². The van der Waals surface area contributed by atoms with Crippen LogP contribution in [0.15, 0.2) is 23.8 Å². The van der Waals surface area contributed by atoms with E-state index in [0.717, 1.165) is 6.42 Å². The summed E-state index contributed by atoms with van der Waals surface area (Å²) in [5, 5.41) is 9.57. The van der Waals surface area contributed by atoms with Crippen LogP contribution in [0.4, 0.5) is 0 Å². The van der Waals surface area contributed by atoms with E-state index in [4.69, 9.17) is 0 Å². The third-order valence-electron chi connectivity index (χ3n) is 3.67. The fourth-order valence-electron chi connectivity index (χ4n) is 2.75. The molecule has 0 fully saturated rings. The summed E-state index contributed by atoms with van der Waals surface area (Å²) in [6, 6.07) is 0. The average Bonchev–Trinajstić information content (AvgIpc) is 2.08. The summed E-state index contributed by atoms with van der Waals surface area (Å²) in [7, 11) is 0. The van der Waals surface area contributed by atoms with Crippen LogP contribution < -0.4 is 0 Å². The number of allylic oxidation sites excluding steroid dienone is 3. The van der Waals surface area contributed by atoms with Crippen molar-refractivity contribution in [2.24, 2.45) is 11.3 Å². The van der Waals surface area contributed by atoms with Crippen LogP contribution in [0, 0.1) is 11.3 Å². The molecule has 0 aromatic carbocycles. The smallest absolute Gasteiger partial charge is 0.0727 e. The highest BCUT2D eigenvalue weighted by Crippen LogP contribution is 2.47. The standard InChI is InChI=1S/C12H18O/c1-9-4-3-6-12(2)7-5-10(13)8-11(9)12/h4-5,7,10-11,13H,3,6,8H2,1-2H3/t10-,11-,12+/m1/s1. The average molecular weight is 178 g/mol. The molecule has 0 bridgehead atoms. The summed E-state index contributed by atoms with van der Waals surface area (Å²) >= 11 is 0. The van der Waals surface area contributed by atoms with Crippen LogP contribution >= 0.6 is 0 Å². The minimum Gasteiger partial charge on any atom is -0.389 e. The van der Waals surface area contributed by atoms with Crippen molar-refractivity contribution in [2.75, 3.05) is 0 Å². The van der Waals surface area contributed by atoms with Gasteiger partial charge in [-0.1, -0.05) is 30.7 Å². The Bertz CT molecular complexity index is 264. The van der Waals surface area contributed by atoms with E-state index in [1.807, 2.05) is 6.08 Å². The van der Waals surface area contributed by atoms with Gasteiger partial charge in [0.05, 0.1) is 6.10 Å². The van der Waals surface area contributed by atoms with Crippen molar-refractivity contribution in [2.45, 2.75) is 39.2 Å². The quantitative estimate of drug-likeness (QED) is 0.565. The zero-order valence-corrected chi connectivity index (χ0v) is 8.46. The Morgan fingerprint density at radius 1 is 1.54 bits per heavy atom. The molecule has 1 nitrogen and oxygen atoms in total. The SMILES string of the molecule is CC1=CCC[C@@]2(C)C=C[C@@H](O)C[C@H]12. The zero-order valence-electron chi connectivity index (χ0n) is 8.46. The van der Waals surface area contributed by atoms with E-state index in [2.05, 4.69) is 26.0 Å². The Hall–Kier alpha value is -0.560. The first-order valence-electron chi connectivity index (χ1n) is 5.16. The Kier molecular flexibility index (Phi) is 2.07. The van der Waals surface area contributed by atoms with E-state index >= 15 is 0 Å². The van der Waals surface area contributed by atoms with Crippen molar-refractivity contribution in [1.29, 1.82) is 0 Å². The molecule has 2 rings (SSSR count). The molecule has 2 aliphatic carbocycles. The Labute approximate surface area is 80.2 Å². The number of fused-ring (bicyclic) bond motifs is 1. The van der Waals surface area contributed by atoms with Gasteiger partial charge in [0, 0.05) is 0 Å². The Balaban J connectivity index is 2.32. The van der Waals surface area contributed by atoms with Gasteiger partial charge in [0.1, 0.15) is 0 Å². The minimum atomic E-state index is -0.223. The summed E-state index contributed by atoms with van der Waals surface area (Å²) in [5.41, 5.74) is 1.79. The third-order valence-corrected chi connectivity index (χ3v) is 3.67. The maximum absolute atomic E-state index is 9.57. The molecule has 0 saturated heterocycles. The lowest BCUT2D eigenvalue weighted by Crippen LogP contribution is -2.35. The van der Waals surface area contributed by atoms with Crippen molar-refractivity contribution in [3.05, 3.63) is 23.8 Å². The molecule has 0 spiro atoms. The number of aliphatic hydroxyl groups is 1. The molecule has 3 atom stereocenters. The van der Waals surface area contributed by atoms with Gasteiger partial charge >= 0.3 is 0 Å². The van der Waals surface area contributed by atoms with Crippen LogP contribution in [-0.2, 0) is 0 Å². The van der Waals surface area contributed by atoms with Gasteiger partial charge in [0.15, 0.2) is 0 Å². The summed E-state index contributed by atoms with van der Waals surface area (Å²) in [4.78, 5) is 0. The monoisotopic (exact) mass is 178 g/mol. The second-order valence-corrected chi connectivity index (χ2v) is 4.71. The van der Waals surface area contributed by atoms with Crippen molar-refractivity contribution < 1.29 is 5.11 Å². The second-order valence-electron chi connectivity index (χ2n) is 4.71. The predicted octanol–water partition coefficient (Wildman–Crippen LogP) is 2.67. The first-order chi connectivity index (χ1) is 6.12. The summed E-state index contributed by atoms with van der Waals surface area (Å²) in [6.07, 6.45) is 9.64. The Morgan fingerprint density at radius 3 is 3.08 bits per heavy atom. The third kappa shape index (κ3) is 1.46. The highest BCUT2D eigenvalue weighted by Gasteiger charge is 2.38. The molecule has 0 heterocycles. The molecule has 0 amide bonds. The zero-order chi connectivity index (χ0) is 9.47. The van der Waals surface area contributed by atoms with Gasteiger partial charge in [0.25, 0.3) is 0 Å². The van der Waals surface area contributed by atoms with Crippen molar-refractivity contribution in [3.8, 4) is 0 Å². The van der Waals surface area contributed by atoms with Gasteiger partial charge in [-0.25, -0.2) is 0 Å². The van der Waals surface area contributed by atoms with Crippen LogP contribution in [0.5, 0.6) is 0 Å². The van der Waals surface area contributed by atoms with Gasteiger partial charge in [0.2, 0.25) is 0 Å². The van der Waals surface area contributed by atoms with Crippen LogP contribution in [0.3, 0.4) is 0 Å². The highest BCUT2D eigenvalue weighted by atomic mass is 16.3. The first-order valence-corrected chi connectivity index (χ1v) is 5.16. The van der Waals surface area contributed by atoms with Gasteiger partial charge in [-0.15, -0.1) is 0 Å². The van der Waals surface area contributed by atoms with E-state index in [-0.39, 0.29) is 6.10 Å². The fraction of sp³-hybridized carbons (Fsp3) is 0.667. The van der Waals surface area contributed by atoms with Gasteiger partial charge < -0.3 is 5.11 Å². The summed E-state index contributed by atoms with van der Waals surface area (Å²) < 4.78 is 0. The van der Waals surface area contributed by atoms with Crippen molar-refractivity contribution in [3.63, 3.8) is 0 Å². The molecular formula is C12H18O. The second kappa shape index (κ2) is 2.98. The number of rotatable bonds is 0. The maximum atomic E-state index is 9.57. The van der Waals surface area contributed by atoms with E-state index in [1.54, 1.807) is 0 Å². The Morgan fingerprint density at radius 2 is 2.31 bits per heavy atom. The number of hydrogen-bond donors (Lipinski definition) is 1. The van der Waals surface area contributed by atoms with E-state index < -0.39 is 0 Å². The predicted molar refractivity (Wildman–Crippen MR) is 54.4 cm³/mol. The largest absolute Gasteiger partial charge is 0.389 e. The highest BCUT2D eigenvalue weighted by molar-refractivity contribution is 5.22. The molecule has 1 N–H and O–H groups in total. The van der Waals surface area contributed by atoms with Crippen molar-refractivity contribution >= 4 is 0 Å². The van der Waals surface area contributed by atoms with Gasteiger partial charge in [-0.2, -0.15) is 0 Å². The first kappa shape index (κ1) is 9.01. The number of aliphatic hydroxyl groups excluding tert-OH is 1. The molecule has 13 heavy (non-hydrogen) atoms. The molecule has 0 aliphatic heterocycles. The lowest BCUT2D eigenvalue weighted by molar-refractivity contribution is 0.128. The minimum absolute atomic E-state index is 0.223. The molecule has 0 saturated carbocycles. The summed E-state index contributed by atoms with van der Waals surface area (Å²) in [6.45, 7) is 4.52. The van der Waals surface area contributed by atoms with Gasteiger partial charge in [-0.3, -0.25) is 0 Å². The maximum Gasteiger partial charge on any atom is 0.0727 e. The summed E-state index contributed by atoms with van der Waals surface area (Å²) in [5.74, 6) is 0.571. The van der Waals surface area contributed by atoms with E-state index in [1.165, 1.54) is 18.4 Å². The molecular weight excluding hydrogens is 160 g/mol. The van der Waals surface area contributed by atoms with Crippen molar-refractivity contribution in [1.82, 2.24) is 0 Å². The lowest BCUT2D eigenvalue weighted by atomic mass is 9.63. The lowest BCUT2D eigenvalue weighted by Gasteiger charge is -2.42. The van der Waals surface area contributed by atoms with E-state index in [0.29, 0.717) is 11.3 Å². The van der Waals surface area contributed by atoms with E-state index in [9.17, 15) is 5.11 Å². The molecule has 0 unspecified atom stereocenters. The van der Waals surface area contributed by atoms with Crippen LogP contribution in [0.1, 0.15) is 33.1 Å². The molecule has 2 aliphatic rings. The molecule has 1 heteroatoms. The van der Waals surface area contributed by atoms with Crippen LogP contribution in [-0.4, -0.2) is 11.2 Å². The van der Waals surface area contributed by atoms with Gasteiger partial charge in [-0.05, 0) is 37.5 Å². The van der Waals surface area contributed by atoms with Crippen LogP contribution in [0.25, 0.3) is 0 Å². The fourth-order valence-corrected chi connectivity index (χ4v) is 2.75. The molecule has 0 radical (unpaired) electrons.